The number of aliphatic hydroxyl groups is 1. The van der Waals surface area contributed by atoms with Gasteiger partial charge in [0, 0.05) is 44.7 Å². The van der Waals surface area contributed by atoms with Crippen molar-refractivity contribution in [3.63, 3.8) is 0 Å². The summed E-state index contributed by atoms with van der Waals surface area (Å²) in [5.41, 5.74) is 0. The first-order chi connectivity index (χ1) is 13.5. The van der Waals surface area contributed by atoms with E-state index >= 15 is 0 Å². The van der Waals surface area contributed by atoms with Crippen LogP contribution in [0.4, 0.5) is 0 Å². The van der Waals surface area contributed by atoms with Crippen LogP contribution in [0.1, 0.15) is 44.6 Å². The summed E-state index contributed by atoms with van der Waals surface area (Å²) < 4.78 is 5.51. The van der Waals surface area contributed by atoms with Crippen molar-refractivity contribution in [3.05, 3.63) is 23.7 Å². The number of nitrogens with zero attached hydrogens (tertiary/aromatic N) is 2. The molecule has 0 radical (unpaired) electrons. The Balaban J connectivity index is 1.53. The molecule has 28 heavy (non-hydrogen) atoms. The van der Waals surface area contributed by atoms with E-state index in [2.05, 4.69) is 15.5 Å². The minimum Gasteiger partial charge on any atom is -0.462 e. The predicted molar refractivity (Wildman–Crippen MR) is 104 cm³/mol. The standard InChI is InChI=1S/C20H32N4O4/c1-3-23(4-2)19(26)8-5-15-10-22-20(27)18-9-14(12-24(15)18)21-11-16-6-7-17(13-25)28-16/h6-7,14-15,18,21,25H,3-5,8-13H2,1-2H3,(H,22,27). The maximum Gasteiger partial charge on any atom is 0.237 e. The van der Waals surface area contributed by atoms with Crippen LogP contribution in [0.5, 0.6) is 0 Å². The lowest BCUT2D eigenvalue weighted by atomic mass is 10.0. The first-order valence-corrected chi connectivity index (χ1v) is 10.3. The highest BCUT2D eigenvalue weighted by Crippen LogP contribution is 2.26. The van der Waals surface area contributed by atoms with Gasteiger partial charge in [0.25, 0.3) is 0 Å². The smallest absolute Gasteiger partial charge is 0.237 e. The largest absolute Gasteiger partial charge is 0.462 e. The Hall–Kier alpha value is -1.90. The number of aliphatic hydroxyl groups excluding tert-OH is 1. The summed E-state index contributed by atoms with van der Waals surface area (Å²) in [6.07, 6.45) is 2.02. The number of fused-ring (bicyclic) bond motifs is 1. The van der Waals surface area contributed by atoms with Crippen molar-refractivity contribution < 1.29 is 19.1 Å². The van der Waals surface area contributed by atoms with Gasteiger partial charge in [-0.05, 0) is 38.8 Å². The third-order valence-corrected chi connectivity index (χ3v) is 5.87. The molecule has 0 aliphatic carbocycles. The fourth-order valence-electron chi connectivity index (χ4n) is 4.26. The first kappa shape index (κ1) is 20.8. The van der Waals surface area contributed by atoms with Crippen molar-refractivity contribution in [2.45, 2.75) is 64.4 Å². The highest BCUT2D eigenvalue weighted by Gasteiger charge is 2.43. The molecule has 0 bridgehead atoms. The summed E-state index contributed by atoms with van der Waals surface area (Å²) in [7, 11) is 0. The summed E-state index contributed by atoms with van der Waals surface area (Å²) in [5.74, 6) is 1.60. The van der Waals surface area contributed by atoms with E-state index in [1.54, 1.807) is 6.07 Å². The van der Waals surface area contributed by atoms with Crippen LogP contribution in [-0.4, -0.2) is 71.0 Å². The molecule has 1 aromatic rings. The number of amides is 2. The third kappa shape index (κ3) is 4.74. The van der Waals surface area contributed by atoms with E-state index < -0.39 is 0 Å². The van der Waals surface area contributed by atoms with Gasteiger partial charge in [-0.2, -0.15) is 0 Å². The molecule has 0 aromatic carbocycles. The van der Waals surface area contributed by atoms with Crippen LogP contribution in [-0.2, 0) is 22.7 Å². The fraction of sp³-hybridized carbons (Fsp3) is 0.700. The van der Waals surface area contributed by atoms with Crippen LogP contribution in [0.2, 0.25) is 0 Å². The van der Waals surface area contributed by atoms with Gasteiger partial charge in [-0.15, -0.1) is 0 Å². The maximum atomic E-state index is 12.3. The normalized spacial score (nSPS) is 24.8. The van der Waals surface area contributed by atoms with E-state index in [-0.39, 0.29) is 36.5 Å². The van der Waals surface area contributed by atoms with Crippen molar-refractivity contribution in [2.75, 3.05) is 26.2 Å². The van der Waals surface area contributed by atoms with E-state index in [1.807, 2.05) is 24.8 Å². The van der Waals surface area contributed by atoms with Gasteiger partial charge in [0.15, 0.2) is 0 Å². The molecule has 1 aromatic heterocycles. The van der Waals surface area contributed by atoms with Gasteiger partial charge < -0.3 is 25.1 Å². The number of carbonyl (C=O) groups excluding carboxylic acids is 2. The molecule has 3 atom stereocenters. The predicted octanol–water partition coefficient (Wildman–Crippen LogP) is 0.451. The first-order valence-electron chi connectivity index (χ1n) is 10.3. The number of rotatable bonds is 9. The van der Waals surface area contributed by atoms with Crippen LogP contribution in [0.25, 0.3) is 0 Å². The van der Waals surface area contributed by atoms with Gasteiger partial charge >= 0.3 is 0 Å². The zero-order valence-corrected chi connectivity index (χ0v) is 16.8. The quantitative estimate of drug-likeness (QED) is 0.565. The van der Waals surface area contributed by atoms with Crippen LogP contribution in [0.15, 0.2) is 16.5 Å². The average Bonchev–Trinajstić information content (AvgIpc) is 3.34. The molecule has 0 saturated carbocycles. The molecule has 3 heterocycles. The molecule has 2 aliphatic heterocycles. The minimum absolute atomic E-state index is 0.0798. The molecule has 3 N–H and O–H groups in total. The van der Waals surface area contributed by atoms with Crippen molar-refractivity contribution in [1.29, 1.82) is 0 Å². The molecule has 2 saturated heterocycles. The molecular weight excluding hydrogens is 360 g/mol. The average molecular weight is 393 g/mol. The van der Waals surface area contributed by atoms with E-state index in [4.69, 9.17) is 9.52 Å². The lowest BCUT2D eigenvalue weighted by Crippen LogP contribution is -2.58. The Bertz CT molecular complexity index is 673. The van der Waals surface area contributed by atoms with Gasteiger partial charge in [-0.1, -0.05) is 0 Å². The summed E-state index contributed by atoms with van der Waals surface area (Å²) in [6, 6.07) is 3.88. The van der Waals surface area contributed by atoms with Gasteiger partial charge in [0.2, 0.25) is 11.8 Å². The Kier molecular flexibility index (Phi) is 7.09. The van der Waals surface area contributed by atoms with Gasteiger partial charge in [0.1, 0.15) is 18.1 Å². The topological polar surface area (TPSA) is 98.0 Å². The Morgan fingerprint density at radius 1 is 1.36 bits per heavy atom. The SMILES string of the molecule is CCN(CC)C(=O)CCC1CNC(=O)C2CC(NCc3ccc(CO)o3)CN12. The zero-order chi connectivity index (χ0) is 20.1. The van der Waals surface area contributed by atoms with Gasteiger partial charge in [-0.3, -0.25) is 14.5 Å². The summed E-state index contributed by atoms with van der Waals surface area (Å²) in [6.45, 7) is 7.32. The van der Waals surface area contributed by atoms with Crippen LogP contribution in [0.3, 0.4) is 0 Å². The molecule has 2 amide bonds. The lowest BCUT2D eigenvalue weighted by molar-refractivity contribution is -0.132. The molecule has 2 aliphatic rings. The monoisotopic (exact) mass is 392 g/mol. The van der Waals surface area contributed by atoms with Crippen LogP contribution in [0, 0.1) is 0 Å². The van der Waals surface area contributed by atoms with E-state index in [0.29, 0.717) is 25.3 Å². The second kappa shape index (κ2) is 9.54. The van der Waals surface area contributed by atoms with Crippen molar-refractivity contribution >= 4 is 11.8 Å². The number of furan rings is 1. The summed E-state index contributed by atoms with van der Waals surface area (Å²) in [4.78, 5) is 28.8. The molecule has 0 spiro atoms. The van der Waals surface area contributed by atoms with Crippen molar-refractivity contribution in [3.8, 4) is 0 Å². The highest BCUT2D eigenvalue weighted by atomic mass is 16.4. The van der Waals surface area contributed by atoms with E-state index in [9.17, 15) is 9.59 Å². The second-order valence-corrected chi connectivity index (χ2v) is 7.56. The zero-order valence-electron chi connectivity index (χ0n) is 16.8. The van der Waals surface area contributed by atoms with Crippen molar-refractivity contribution in [2.24, 2.45) is 0 Å². The van der Waals surface area contributed by atoms with E-state index in [0.717, 1.165) is 38.2 Å². The van der Waals surface area contributed by atoms with Crippen LogP contribution >= 0.6 is 0 Å². The molecule has 8 heteroatoms. The number of hydrogen-bond donors (Lipinski definition) is 3. The number of hydrogen-bond acceptors (Lipinski definition) is 6. The Labute approximate surface area is 166 Å². The highest BCUT2D eigenvalue weighted by molar-refractivity contribution is 5.83. The number of carbonyl (C=O) groups is 2. The molecule has 8 nitrogen and oxygen atoms in total. The number of piperazine rings is 1. The van der Waals surface area contributed by atoms with Crippen molar-refractivity contribution in [1.82, 2.24) is 20.4 Å². The molecular formula is C20H32N4O4. The Morgan fingerprint density at radius 2 is 2.11 bits per heavy atom. The van der Waals surface area contributed by atoms with Gasteiger partial charge in [0.05, 0.1) is 12.6 Å². The summed E-state index contributed by atoms with van der Waals surface area (Å²) in [5, 5.41) is 15.6. The second-order valence-electron chi connectivity index (χ2n) is 7.56. The maximum absolute atomic E-state index is 12.3. The number of nitrogens with one attached hydrogen (secondary N) is 2. The third-order valence-electron chi connectivity index (χ3n) is 5.87. The van der Waals surface area contributed by atoms with E-state index in [1.165, 1.54) is 0 Å². The lowest BCUT2D eigenvalue weighted by Gasteiger charge is -2.37. The van der Waals surface area contributed by atoms with Gasteiger partial charge in [-0.25, -0.2) is 0 Å². The minimum atomic E-state index is -0.135. The molecule has 2 fully saturated rings. The molecule has 156 valence electrons. The molecule has 3 unspecified atom stereocenters. The fourth-order valence-corrected chi connectivity index (χ4v) is 4.26. The van der Waals surface area contributed by atoms with Crippen LogP contribution < -0.4 is 10.6 Å². The summed E-state index contributed by atoms with van der Waals surface area (Å²) >= 11 is 0. The Morgan fingerprint density at radius 3 is 2.79 bits per heavy atom. The molecule has 3 rings (SSSR count).